The van der Waals surface area contributed by atoms with Crippen LogP contribution in [0.4, 0.5) is 0 Å². The van der Waals surface area contributed by atoms with E-state index in [0.717, 1.165) is 11.3 Å². The average Bonchev–Trinajstić information content (AvgIpc) is 2.90. The highest BCUT2D eigenvalue weighted by Gasteiger charge is 2.12. The normalized spacial score (nSPS) is 10.5. The Hall–Kier alpha value is -2.56. The van der Waals surface area contributed by atoms with Gasteiger partial charge in [0.2, 0.25) is 5.82 Å². The fourth-order valence-corrected chi connectivity index (χ4v) is 1.64. The number of hydrogen-bond donors (Lipinski definition) is 0. The number of aromatic nitrogens is 4. The summed E-state index contributed by atoms with van der Waals surface area (Å²) in [5.41, 5.74) is 2.38. The fraction of sp³-hybridized carbons (Fsp3) is 0.0769. The van der Waals surface area contributed by atoms with E-state index in [9.17, 15) is 0 Å². The average molecular weight is 238 g/mol. The van der Waals surface area contributed by atoms with Crippen LogP contribution in [0, 0.1) is 6.92 Å². The molecule has 0 saturated carbocycles. The lowest BCUT2D eigenvalue weighted by molar-refractivity contribution is 0.431. The summed E-state index contributed by atoms with van der Waals surface area (Å²) in [5, 5.41) is 3.93. The van der Waals surface area contributed by atoms with E-state index >= 15 is 0 Å². The lowest BCUT2D eigenvalue weighted by Crippen LogP contribution is -1.87. The molecule has 0 aliphatic heterocycles. The number of pyridine rings is 2. The lowest BCUT2D eigenvalue weighted by Gasteiger charge is -1.96. The van der Waals surface area contributed by atoms with E-state index in [1.807, 2.05) is 37.3 Å². The second kappa shape index (κ2) is 4.37. The summed E-state index contributed by atoms with van der Waals surface area (Å²) >= 11 is 0. The van der Waals surface area contributed by atoms with E-state index in [1.54, 1.807) is 12.4 Å². The summed E-state index contributed by atoms with van der Waals surface area (Å²) in [4.78, 5) is 12.7. The van der Waals surface area contributed by atoms with Gasteiger partial charge in [-0.2, -0.15) is 4.98 Å². The second-order valence-corrected chi connectivity index (χ2v) is 3.77. The molecular formula is C13H10N4O. The zero-order chi connectivity index (χ0) is 12.4. The predicted octanol–water partition coefficient (Wildman–Crippen LogP) is 2.50. The maximum absolute atomic E-state index is 5.24. The molecule has 3 heterocycles. The van der Waals surface area contributed by atoms with Gasteiger partial charge >= 0.3 is 0 Å². The molecular weight excluding hydrogens is 228 g/mol. The smallest absolute Gasteiger partial charge is 0.260 e. The summed E-state index contributed by atoms with van der Waals surface area (Å²) in [5.74, 6) is 0.940. The minimum Gasteiger partial charge on any atom is -0.333 e. The van der Waals surface area contributed by atoms with E-state index in [4.69, 9.17) is 4.52 Å². The Bertz CT molecular complexity index is 664. The van der Waals surface area contributed by atoms with Gasteiger partial charge in [-0.3, -0.25) is 9.97 Å². The van der Waals surface area contributed by atoms with E-state index in [2.05, 4.69) is 20.1 Å². The number of hydrogen-bond acceptors (Lipinski definition) is 5. The standard InChI is InChI=1S/C13H10N4O/c1-9-10(5-4-8-14-9)13-16-12(17-18-13)11-6-2-3-7-15-11/h2-8H,1H3. The van der Waals surface area contributed by atoms with Crippen LogP contribution in [0.15, 0.2) is 47.2 Å². The van der Waals surface area contributed by atoms with Crippen molar-refractivity contribution in [3.63, 3.8) is 0 Å². The number of rotatable bonds is 2. The Morgan fingerprint density at radius 1 is 1.00 bits per heavy atom. The fourth-order valence-electron chi connectivity index (χ4n) is 1.64. The van der Waals surface area contributed by atoms with Gasteiger partial charge in [0, 0.05) is 18.1 Å². The van der Waals surface area contributed by atoms with Crippen LogP contribution in [-0.4, -0.2) is 20.1 Å². The molecule has 88 valence electrons. The van der Waals surface area contributed by atoms with Crippen molar-refractivity contribution in [3.8, 4) is 23.0 Å². The van der Waals surface area contributed by atoms with E-state index in [0.29, 0.717) is 17.4 Å². The van der Waals surface area contributed by atoms with Crippen molar-refractivity contribution >= 4 is 0 Å². The van der Waals surface area contributed by atoms with Crippen molar-refractivity contribution in [2.45, 2.75) is 6.92 Å². The Kier molecular flexibility index (Phi) is 2.57. The minimum absolute atomic E-state index is 0.459. The molecule has 0 aromatic carbocycles. The maximum atomic E-state index is 5.24. The van der Waals surface area contributed by atoms with Crippen molar-refractivity contribution < 1.29 is 4.52 Å². The number of aryl methyl sites for hydroxylation is 1. The first-order valence-electron chi connectivity index (χ1n) is 5.52. The number of nitrogens with zero attached hydrogens (tertiary/aromatic N) is 4. The summed E-state index contributed by atoms with van der Waals surface area (Å²) in [6.07, 6.45) is 3.43. The molecule has 5 nitrogen and oxygen atoms in total. The predicted molar refractivity (Wildman–Crippen MR) is 65.5 cm³/mol. The molecule has 0 N–H and O–H groups in total. The summed E-state index contributed by atoms with van der Waals surface area (Å²) in [7, 11) is 0. The quantitative estimate of drug-likeness (QED) is 0.686. The molecule has 3 aromatic heterocycles. The first-order valence-corrected chi connectivity index (χ1v) is 5.52. The van der Waals surface area contributed by atoms with Crippen LogP contribution in [0.1, 0.15) is 5.69 Å². The molecule has 0 spiro atoms. The van der Waals surface area contributed by atoms with Gasteiger partial charge in [0.25, 0.3) is 5.89 Å². The molecule has 0 fully saturated rings. The Labute approximate surface area is 104 Å². The third-order valence-electron chi connectivity index (χ3n) is 2.56. The van der Waals surface area contributed by atoms with Gasteiger partial charge in [-0.1, -0.05) is 11.2 Å². The van der Waals surface area contributed by atoms with Crippen LogP contribution in [0.25, 0.3) is 23.0 Å². The van der Waals surface area contributed by atoms with Crippen LogP contribution < -0.4 is 0 Å². The first kappa shape index (κ1) is 10.6. The molecule has 0 radical (unpaired) electrons. The lowest BCUT2D eigenvalue weighted by atomic mass is 10.2. The summed E-state index contributed by atoms with van der Waals surface area (Å²) < 4.78 is 5.24. The maximum Gasteiger partial charge on any atom is 0.260 e. The van der Waals surface area contributed by atoms with Gasteiger partial charge in [-0.15, -0.1) is 0 Å². The third kappa shape index (κ3) is 1.86. The van der Waals surface area contributed by atoms with Crippen LogP contribution in [-0.2, 0) is 0 Å². The van der Waals surface area contributed by atoms with Gasteiger partial charge in [-0.05, 0) is 31.2 Å². The molecule has 3 rings (SSSR count). The van der Waals surface area contributed by atoms with Gasteiger partial charge in [0.05, 0.1) is 5.56 Å². The molecule has 0 unspecified atom stereocenters. The highest BCUT2D eigenvalue weighted by atomic mass is 16.5. The van der Waals surface area contributed by atoms with Gasteiger partial charge in [0.15, 0.2) is 0 Å². The zero-order valence-corrected chi connectivity index (χ0v) is 9.74. The zero-order valence-electron chi connectivity index (χ0n) is 9.74. The Morgan fingerprint density at radius 3 is 2.67 bits per heavy atom. The first-order chi connectivity index (χ1) is 8.84. The van der Waals surface area contributed by atoms with E-state index < -0.39 is 0 Å². The van der Waals surface area contributed by atoms with Crippen molar-refractivity contribution in [2.24, 2.45) is 0 Å². The molecule has 18 heavy (non-hydrogen) atoms. The second-order valence-electron chi connectivity index (χ2n) is 3.77. The molecule has 0 bridgehead atoms. The van der Waals surface area contributed by atoms with Crippen molar-refractivity contribution in [1.82, 2.24) is 20.1 Å². The van der Waals surface area contributed by atoms with Gasteiger partial charge in [0.1, 0.15) is 5.69 Å². The SMILES string of the molecule is Cc1ncccc1-c1nc(-c2ccccn2)no1. The highest BCUT2D eigenvalue weighted by molar-refractivity contribution is 5.58. The largest absolute Gasteiger partial charge is 0.333 e. The molecule has 3 aromatic rings. The summed E-state index contributed by atoms with van der Waals surface area (Å²) in [6.45, 7) is 1.90. The molecule has 0 aliphatic carbocycles. The molecule has 0 amide bonds. The third-order valence-corrected chi connectivity index (χ3v) is 2.56. The van der Waals surface area contributed by atoms with Crippen molar-refractivity contribution in [1.29, 1.82) is 0 Å². The molecule has 0 atom stereocenters. The van der Waals surface area contributed by atoms with Gasteiger partial charge < -0.3 is 4.52 Å². The van der Waals surface area contributed by atoms with Crippen molar-refractivity contribution in [2.75, 3.05) is 0 Å². The molecule has 5 heteroatoms. The van der Waals surface area contributed by atoms with Gasteiger partial charge in [-0.25, -0.2) is 0 Å². The topological polar surface area (TPSA) is 64.7 Å². The summed E-state index contributed by atoms with van der Waals surface area (Å²) in [6, 6.07) is 9.30. The highest BCUT2D eigenvalue weighted by Crippen LogP contribution is 2.22. The van der Waals surface area contributed by atoms with E-state index in [1.165, 1.54) is 0 Å². The van der Waals surface area contributed by atoms with Crippen LogP contribution in [0.5, 0.6) is 0 Å². The molecule has 0 aliphatic rings. The monoisotopic (exact) mass is 238 g/mol. The van der Waals surface area contributed by atoms with Crippen LogP contribution in [0.3, 0.4) is 0 Å². The van der Waals surface area contributed by atoms with Crippen LogP contribution in [0.2, 0.25) is 0 Å². The van der Waals surface area contributed by atoms with E-state index in [-0.39, 0.29) is 0 Å². The molecule has 0 saturated heterocycles. The minimum atomic E-state index is 0.459. The Morgan fingerprint density at radius 2 is 1.89 bits per heavy atom. The van der Waals surface area contributed by atoms with Crippen molar-refractivity contribution in [3.05, 3.63) is 48.4 Å². The van der Waals surface area contributed by atoms with Crippen LogP contribution >= 0.6 is 0 Å². The Balaban J connectivity index is 2.03.